The molecule has 0 spiro atoms. The van der Waals surface area contributed by atoms with Gasteiger partial charge in [0.25, 0.3) is 0 Å². The second kappa shape index (κ2) is 5.82. The molecule has 3 aliphatic rings. The van der Waals surface area contributed by atoms with Crippen LogP contribution in [0.4, 0.5) is 5.69 Å². The van der Waals surface area contributed by atoms with Gasteiger partial charge < -0.3 is 14.4 Å². The number of imidazole rings is 1. The van der Waals surface area contributed by atoms with Gasteiger partial charge in [-0.2, -0.15) is 10.1 Å². The molecule has 26 heavy (non-hydrogen) atoms. The van der Waals surface area contributed by atoms with E-state index in [1.807, 2.05) is 10.7 Å². The van der Waals surface area contributed by atoms with Crippen LogP contribution in [-0.2, 0) is 0 Å². The molecule has 5 heterocycles. The van der Waals surface area contributed by atoms with Crippen LogP contribution in [0.1, 0.15) is 12.8 Å². The molecular weight excluding hydrogens is 332 g/mol. The number of fused-ring (bicyclic) bond motifs is 3. The van der Waals surface area contributed by atoms with E-state index in [0.717, 1.165) is 47.5 Å². The third kappa shape index (κ3) is 2.36. The first-order valence-corrected chi connectivity index (χ1v) is 8.80. The van der Waals surface area contributed by atoms with Crippen molar-refractivity contribution < 1.29 is 9.47 Å². The van der Waals surface area contributed by atoms with Crippen molar-refractivity contribution in [1.82, 2.24) is 24.6 Å². The van der Waals surface area contributed by atoms with Gasteiger partial charge in [-0.1, -0.05) is 0 Å². The lowest BCUT2D eigenvalue weighted by Gasteiger charge is -2.48. The van der Waals surface area contributed by atoms with Crippen LogP contribution in [0.2, 0.25) is 0 Å². The number of anilines is 1. The summed E-state index contributed by atoms with van der Waals surface area (Å²) < 4.78 is 12.3. The van der Waals surface area contributed by atoms with Gasteiger partial charge in [-0.15, -0.1) is 0 Å². The van der Waals surface area contributed by atoms with E-state index in [1.165, 1.54) is 20.0 Å². The number of piperidine rings is 2. The molecule has 3 fully saturated rings. The number of aromatic nitrogens is 5. The van der Waals surface area contributed by atoms with Gasteiger partial charge in [0.05, 0.1) is 25.5 Å². The molecule has 8 heteroatoms. The summed E-state index contributed by atoms with van der Waals surface area (Å²) in [6.45, 7) is 2.16. The average molecular weight is 352 g/mol. The first-order valence-electron chi connectivity index (χ1n) is 8.80. The zero-order valence-corrected chi connectivity index (χ0v) is 14.8. The highest BCUT2D eigenvalue weighted by Crippen LogP contribution is 2.42. The van der Waals surface area contributed by atoms with Crippen molar-refractivity contribution in [3.63, 3.8) is 0 Å². The van der Waals surface area contributed by atoms with Gasteiger partial charge in [-0.25, -0.2) is 14.5 Å². The minimum atomic E-state index is 0.269. The molecule has 3 aromatic rings. The van der Waals surface area contributed by atoms with Crippen molar-refractivity contribution >= 4 is 11.3 Å². The van der Waals surface area contributed by atoms with Crippen molar-refractivity contribution in [2.24, 2.45) is 11.8 Å². The first-order chi connectivity index (χ1) is 12.7. The highest BCUT2D eigenvalue weighted by Gasteiger charge is 2.38. The van der Waals surface area contributed by atoms with Crippen molar-refractivity contribution in [2.75, 3.05) is 32.2 Å². The van der Waals surface area contributed by atoms with Gasteiger partial charge in [0.2, 0.25) is 5.88 Å². The van der Waals surface area contributed by atoms with Gasteiger partial charge in [0.15, 0.2) is 5.65 Å². The van der Waals surface area contributed by atoms with Gasteiger partial charge in [-0.3, -0.25) is 0 Å². The highest BCUT2D eigenvalue weighted by atomic mass is 16.5. The lowest BCUT2D eigenvalue weighted by molar-refractivity contribution is 0.159. The Morgan fingerprint density at radius 2 is 1.88 bits per heavy atom. The summed E-state index contributed by atoms with van der Waals surface area (Å²) in [6, 6.07) is 2.34. The minimum absolute atomic E-state index is 0.269. The molecule has 1 aliphatic carbocycles. The molecule has 0 amide bonds. The lowest BCUT2D eigenvalue weighted by Crippen LogP contribution is -2.48. The maximum Gasteiger partial charge on any atom is 0.319 e. The van der Waals surface area contributed by atoms with Crippen molar-refractivity contribution in [1.29, 1.82) is 0 Å². The van der Waals surface area contributed by atoms with Gasteiger partial charge in [-0.05, 0) is 30.7 Å². The van der Waals surface area contributed by atoms with E-state index >= 15 is 0 Å². The first kappa shape index (κ1) is 15.4. The zero-order chi connectivity index (χ0) is 17.7. The minimum Gasteiger partial charge on any atom is -0.480 e. The van der Waals surface area contributed by atoms with Gasteiger partial charge in [0.1, 0.15) is 5.69 Å². The predicted molar refractivity (Wildman–Crippen MR) is 95.5 cm³/mol. The lowest BCUT2D eigenvalue weighted by atomic mass is 9.71. The molecule has 2 aliphatic heterocycles. The summed E-state index contributed by atoms with van der Waals surface area (Å²) in [5.74, 6) is 2.05. The van der Waals surface area contributed by atoms with E-state index in [0.29, 0.717) is 5.88 Å². The van der Waals surface area contributed by atoms with Crippen LogP contribution in [0.25, 0.3) is 16.9 Å². The van der Waals surface area contributed by atoms with E-state index in [4.69, 9.17) is 9.47 Å². The summed E-state index contributed by atoms with van der Waals surface area (Å²) in [6.07, 6.45) is 8.05. The smallest absolute Gasteiger partial charge is 0.319 e. The number of ether oxygens (including phenoxy) is 2. The third-order valence-electron chi connectivity index (χ3n) is 5.35. The number of methoxy groups -OCH3 is 2. The fourth-order valence-corrected chi connectivity index (χ4v) is 4.11. The van der Waals surface area contributed by atoms with E-state index in [9.17, 15) is 0 Å². The fraction of sp³-hybridized carbons (Fsp3) is 0.444. The molecule has 2 bridgehead atoms. The van der Waals surface area contributed by atoms with Crippen LogP contribution < -0.4 is 14.4 Å². The van der Waals surface area contributed by atoms with Crippen molar-refractivity contribution in [2.45, 2.75) is 12.8 Å². The molecule has 0 radical (unpaired) electrons. The number of hydrogen-bond donors (Lipinski definition) is 0. The molecular formula is C18H20N6O2. The Bertz CT molecular complexity index is 955. The van der Waals surface area contributed by atoms with Gasteiger partial charge >= 0.3 is 6.01 Å². The SMILES string of the molecule is COc1ncc(-c2cc(N3CC4CC(C4)C3)c3nccn3n2)c(OC)n1. The summed E-state index contributed by atoms with van der Waals surface area (Å²) in [5, 5.41) is 4.68. The molecule has 1 saturated carbocycles. The van der Waals surface area contributed by atoms with Crippen LogP contribution in [0.3, 0.4) is 0 Å². The number of hydrogen-bond acceptors (Lipinski definition) is 7. The monoisotopic (exact) mass is 352 g/mol. The second-order valence-corrected chi connectivity index (χ2v) is 7.00. The average Bonchev–Trinajstić information content (AvgIpc) is 3.14. The van der Waals surface area contributed by atoms with Gasteiger partial charge in [0, 0.05) is 31.7 Å². The molecule has 134 valence electrons. The Labute approximate surface area is 150 Å². The van der Waals surface area contributed by atoms with Crippen LogP contribution in [0.15, 0.2) is 24.7 Å². The fourth-order valence-electron chi connectivity index (χ4n) is 4.11. The molecule has 2 saturated heterocycles. The molecule has 3 aromatic heterocycles. The third-order valence-corrected chi connectivity index (χ3v) is 5.35. The highest BCUT2D eigenvalue weighted by molar-refractivity contribution is 5.76. The Hall–Kier alpha value is -2.90. The normalized spacial score (nSPS) is 21.5. The summed E-state index contributed by atoms with van der Waals surface area (Å²) in [7, 11) is 3.12. The largest absolute Gasteiger partial charge is 0.480 e. The van der Waals surface area contributed by atoms with Crippen LogP contribution in [-0.4, -0.2) is 51.9 Å². The van der Waals surface area contributed by atoms with Crippen molar-refractivity contribution in [3.05, 3.63) is 24.7 Å². The summed E-state index contributed by atoms with van der Waals surface area (Å²) in [5.41, 5.74) is 3.47. The predicted octanol–water partition coefficient (Wildman–Crippen LogP) is 2.05. The quantitative estimate of drug-likeness (QED) is 0.711. The molecule has 0 aromatic carbocycles. The number of nitrogens with zero attached hydrogens (tertiary/aromatic N) is 6. The maximum absolute atomic E-state index is 5.44. The van der Waals surface area contributed by atoms with Crippen molar-refractivity contribution in [3.8, 4) is 23.1 Å². The van der Waals surface area contributed by atoms with E-state index in [1.54, 1.807) is 19.5 Å². The molecule has 0 unspecified atom stereocenters. The van der Waals surface area contributed by atoms with Crippen LogP contribution in [0.5, 0.6) is 11.9 Å². The summed E-state index contributed by atoms with van der Waals surface area (Å²) >= 11 is 0. The maximum atomic E-state index is 5.44. The van der Waals surface area contributed by atoms with E-state index in [-0.39, 0.29) is 6.01 Å². The Morgan fingerprint density at radius 3 is 2.62 bits per heavy atom. The van der Waals surface area contributed by atoms with E-state index < -0.39 is 0 Å². The summed E-state index contributed by atoms with van der Waals surface area (Å²) in [4.78, 5) is 15.5. The van der Waals surface area contributed by atoms with Crippen LogP contribution >= 0.6 is 0 Å². The Balaban J connectivity index is 1.63. The zero-order valence-electron chi connectivity index (χ0n) is 14.8. The second-order valence-electron chi connectivity index (χ2n) is 7.00. The van der Waals surface area contributed by atoms with E-state index in [2.05, 4.69) is 31.0 Å². The topological polar surface area (TPSA) is 77.7 Å². The van der Waals surface area contributed by atoms with Crippen LogP contribution in [0, 0.1) is 11.8 Å². The molecule has 6 rings (SSSR count). The standard InChI is InChI=1S/C18H20N6O2/c1-25-17-13(8-20-18(21-17)26-2)14-7-15(16-19-3-4-24(16)22-14)23-9-11-5-12(6-11)10-23/h3-4,7-8,11-12H,5-6,9-10H2,1-2H3. The molecule has 0 atom stereocenters. The number of rotatable bonds is 4. The molecule has 0 N–H and O–H groups in total. The molecule has 8 nitrogen and oxygen atoms in total. The Morgan fingerprint density at radius 1 is 1.08 bits per heavy atom. The Kier molecular flexibility index (Phi) is 3.44.